The second kappa shape index (κ2) is 30.7. The highest BCUT2D eigenvalue weighted by atomic mass is 28.4. The topological polar surface area (TPSA) is 18.5 Å². The minimum atomic E-state index is -1.89. The van der Waals surface area contributed by atoms with Crippen LogP contribution in [0, 0.1) is 0 Å². The summed E-state index contributed by atoms with van der Waals surface area (Å²) in [5.41, 5.74) is 0. The van der Waals surface area contributed by atoms with Crippen molar-refractivity contribution < 1.29 is 8.85 Å². The summed E-state index contributed by atoms with van der Waals surface area (Å²) in [6, 6.07) is 2.28. The Bertz CT molecular complexity index is 409. The number of hydrogen-bond donors (Lipinski definition) is 0. The minimum Gasteiger partial charge on any atom is -0.394 e. The van der Waals surface area contributed by atoms with Crippen LogP contribution in [0.3, 0.4) is 0 Å². The summed E-state index contributed by atoms with van der Waals surface area (Å²) in [6.07, 6.45) is 37.7. The second-order valence-corrected chi connectivity index (χ2v) is 15.3. The summed E-state index contributed by atoms with van der Waals surface area (Å²) in [5.74, 6) is 0. The van der Waals surface area contributed by atoms with E-state index < -0.39 is 8.56 Å². The lowest BCUT2D eigenvalue weighted by Gasteiger charge is -2.28. The Morgan fingerprint density at radius 2 is 0.568 bits per heavy atom. The van der Waals surface area contributed by atoms with Gasteiger partial charge in [0.05, 0.1) is 0 Å². The van der Waals surface area contributed by atoms with Crippen LogP contribution < -0.4 is 0 Å². The molecule has 0 heterocycles. The molecule has 0 saturated heterocycles. The van der Waals surface area contributed by atoms with E-state index in [1.165, 1.54) is 173 Å². The molecule has 0 aromatic heterocycles. The van der Waals surface area contributed by atoms with Crippen molar-refractivity contribution in [3.05, 3.63) is 0 Å². The first kappa shape index (κ1) is 37.1. The van der Waals surface area contributed by atoms with Gasteiger partial charge in [-0.25, -0.2) is 0 Å². The molecule has 224 valence electrons. The summed E-state index contributed by atoms with van der Waals surface area (Å²) in [7, 11) is -1.89. The lowest BCUT2D eigenvalue weighted by molar-refractivity contribution is 0.182. The first-order valence-corrected chi connectivity index (χ1v) is 19.8. The van der Waals surface area contributed by atoms with E-state index >= 15 is 0 Å². The summed E-state index contributed by atoms with van der Waals surface area (Å²) >= 11 is 0. The zero-order valence-electron chi connectivity index (χ0n) is 26.5. The maximum Gasteiger partial charge on any atom is 0.337 e. The van der Waals surface area contributed by atoms with Gasteiger partial charge in [-0.2, -0.15) is 0 Å². The lowest BCUT2D eigenvalue weighted by atomic mass is 10.0. The van der Waals surface area contributed by atoms with Crippen molar-refractivity contribution >= 4 is 8.56 Å². The predicted molar refractivity (Wildman–Crippen MR) is 170 cm³/mol. The predicted octanol–water partition coefficient (Wildman–Crippen LogP) is 12.7. The Kier molecular flexibility index (Phi) is 30.8. The summed E-state index contributed by atoms with van der Waals surface area (Å²) in [6.45, 7) is 10.4. The third-order valence-electron chi connectivity index (χ3n) is 8.26. The third-order valence-corrected chi connectivity index (χ3v) is 12.1. The molecular weight excluding hydrogens is 468 g/mol. The van der Waals surface area contributed by atoms with Crippen LogP contribution in [0.5, 0.6) is 0 Å². The molecule has 0 aliphatic carbocycles. The molecule has 0 aliphatic rings. The normalized spacial score (nSPS) is 12.0. The summed E-state index contributed by atoms with van der Waals surface area (Å²) in [5, 5.41) is 0. The summed E-state index contributed by atoms with van der Waals surface area (Å²) in [4.78, 5) is 0. The molecule has 37 heavy (non-hydrogen) atoms. The van der Waals surface area contributed by atoms with Gasteiger partial charge >= 0.3 is 8.56 Å². The maximum absolute atomic E-state index is 6.09. The molecule has 0 aliphatic heterocycles. The molecule has 0 aromatic rings. The van der Waals surface area contributed by atoms with E-state index in [-0.39, 0.29) is 0 Å². The fourth-order valence-electron chi connectivity index (χ4n) is 5.80. The molecule has 0 rings (SSSR count). The zero-order valence-corrected chi connectivity index (χ0v) is 27.5. The smallest absolute Gasteiger partial charge is 0.337 e. The SMILES string of the molecule is CCCCCCCCCCCCCCCCCCCCCCCCCCCC[Si](CC)(OCC)OCC. The van der Waals surface area contributed by atoms with Crippen molar-refractivity contribution in [2.24, 2.45) is 0 Å². The van der Waals surface area contributed by atoms with Gasteiger partial charge in [-0.1, -0.05) is 181 Å². The number of hydrogen-bond acceptors (Lipinski definition) is 2. The van der Waals surface area contributed by atoms with Crippen LogP contribution in [0.2, 0.25) is 12.1 Å². The minimum absolute atomic E-state index is 0.805. The highest BCUT2D eigenvalue weighted by Crippen LogP contribution is 2.23. The van der Waals surface area contributed by atoms with Gasteiger partial charge < -0.3 is 8.85 Å². The van der Waals surface area contributed by atoms with E-state index in [2.05, 4.69) is 27.7 Å². The van der Waals surface area contributed by atoms with Gasteiger partial charge in [-0.05, 0) is 25.9 Å². The van der Waals surface area contributed by atoms with E-state index in [1.807, 2.05) is 0 Å². The summed E-state index contributed by atoms with van der Waals surface area (Å²) < 4.78 is 12.2. The van der Waals surface area contributed by atoms with E-state index in [1.54, 1.807) is 0 Å². The van der Waals surface area contributed by atoms with Gasteiger partial charge in [0.1, 0.15) is 0 Å². The van der Waals surface area contributed by atoms with Crippen LogP contribution in [-0.4, -0.2) is 21.8 Å². The van der Waals surface area contributed by atoms with Crippen LogP contribution in [0.4, 0.5) is 0 Å². The molecular formula is C34H72O2Si. The average Bonchev–Trinajstić information content (AvgIpc) is 2.90. The van der Waals surface area contributed by atoms with Gasteiger partial charge in [0.15, 0.2) is 0 Å². The molecule has 0 spiro atoms. The van der Waals surface area contributed by atoms with Gasteiger partial charge in [0.25, 0.3) is 0 Å². The molecule has 0 radical (unpaired) electrons. The Balaban J connectivity index is 3.23. The van der Waals surface area contributed by atoms with E-state index in [9.17, 15) is 0 Å². The highest BCUT2D eigenvalue weighted by Gasteiger charge is 2.34. The second-order valence-electron chi connectivity index (χ2n) is 11.7. The molecule has 0 aromatic carbocycles. The largest absolute Gasteiger partial charge is 0.394 e. The Morgan fingerprint density at radius 1 is 0.324 bits per heavy atom. The van der Waals surface area contributed by atoms with Crippen molar-refractivity contribution in [2.45, 2.75) is 207 Å². The first-order chi connectivity index (χ1) is 18.2. The Morgan fingerprint density at radius 3 is 0.784 bits per heavy atom. The van der Waals surface area contributed by atoms with Crippen LogP contribution in [-0.2, 0) is 8.85 Å². The van der Waals surface area contributed by atoms with E-state index in [4.69, 9.17) is 8.85 Å². The van der Waals surface area contributed by atoms with Crippen molar-refractivity contribution in [3.63, 3.8) is 0 Å². The van der Waals surface area contributed by atoms with Gasteiger partial charge in [0.2, 0.25) is 0 Å². The number of unbranched alkanes of at least 4 members (excludes halogenated alkanes) is 25. The standard InChI is InChI=1S/C34H72O2Si/c1-5-9-10-11-12-13-14-15-16-17-18-19-20-21-22-23-24-25-26-27-28-29-30-31-32-33-34-37(8-4,35-6-2)36-7-3/h5-34H2,1-4H3. The first-order valence-electron chi connectivity index (χ1n) is 17.5. The van der Waals surface area contributed by atoms with Crippen LogP contribution in [0.15, 0.2) is 0 Å². The maximum atomic E-state index is 6.09. The molecule has 0 unspecified atom stereocenters. The van der Waals surface area contributed by atoms with Crippen LogP contribution in [0.25, 0.3) is 0 Å². The van der Waals surface area contributed by atoms with E-state index in [0.29, 0.717) is 0 Å². The number of rotatable bonds is 32. The molecule has 0 fully saturated rings. The zero-order chi connectivity index (χ0) is 27.1. The van der Waals surface area contributed by atoms with Gasteiger partial charge in [-0.3, -0.25) is 0 Å². The molecule has 0 saturated carbocycles. The van der Waals surface area contributed by atoms with Crippen LogP contribution in [0.1, 0.15) is 195 Å². The molecule has 0 atom stereocenters. The fourth-order valence-corrected chi connectivity index (χ4v) is 8.78. The van der Waals surface area contributed by atoms with Crippen molar-refractivity contribution in [1.29, 1.82) is 0 Å². The Hall–Kier alpha value is 0.137. The molecule has 0 bridgehead atoms. The lowest BCUT2D eigenvalue weighted by Crippen LogP contribution is -2.41. The quantitative estimate of drug-likeness (QED) is 0.0623. The van der Waals surface area contributed by atoms with Gasteiger partial charge in [0, 0.05) is 13.2 Å². The van der Waals surface area contributed by atoms with Crippen molar-refractivity contribution in [1.82, 2.24) is 0 Å². The molecule has 0 amide bonds. The van der Waals surface area contributed by atoms with Crippen LogP contribution >= 0.6 is 0 Å². The molecule has 2 nitrogen and oxygen atoms in total. The Labute approximate surface area is 237 Å². The fraction of sp³-hybridized carbons (Fsp3) is 1.00. The highest BCUT2D eigenvalue weighted by molar-refractivity contribution is 6.67. The van der Waals surface area contributed by atoms with Crippen molar-refractivity contribution in [3.8, 4) is 0 Å². The molecule has 0 N–H and O–H groups in total. The van der Waals surface area contributed by atoms with E-state index in [0.717, 1.165) is 19.3 Å². The average molecular weight is 541 g/mol. The molecule has 3 heteroatoms. The van der Waals surface area contributed by atoms with Crippen molar-refractivity contribution in [2.75, 3.05) is 13.2 Å². The van der Waals surface area contributed by atoms with Gasteiger partial charge in [-0.15, -0.1) is 0 Å². The monoisotopic (exact) mass is 541 g/mol. The third kappa shape index (κ3) is 26.1.